The molecule has 0 bridgehead atoms. The van der Waals surface area contributed by atoms with E-state index < -0.39 is 0 Å². The largest absolute Gasteiger partial charge is 0.411 e. The maximum absolute atomic E-state index is 8.95. The van der Waals surface area contributed by atoms with E-state index in [9.17, 15) is 0 Å². The number of rotatable bonds is 4. The molecule has 0 spiro atoms. The minimum atomic E-state index is 0.414. The second kappa shape index (κ2) is 6.00. The molecule has 2 rings (SSSR count). The second-order valence-electron chi connectivity index (χ2n) is 5.02. The van der Waals surface area contributed by atoms with Crippen LogP contribution in [-0.2, 0) is 13.5 Å². The highest BCUT2D eigenvalue weighted by Gasteiger charge is 2.24. The van der Waals surface area contributed by atoms with Crippen LogP contribution in [0.25, 0.3) is 0 Å². The van der Waals surface area contributed by atoms with E-state index in [0.29, 0.717) is 5.92 Å². The summed E-state index contributed by atoms with van der Waals surface area (Å²) in [5.74, 6) is 0.414. The van der Waals surface area contributed by atoms with Crippen molar-refractivity contribution < 1.29 is 5.21 Å². The zero-order valence-corrected chi connectivity index (χ0v) is 11.2. The van der Waals surface area contributed by atoms with Crippen molar-refractivity contribution in [2.24, 2.45) is 18.1 Å². The Morgan fingerprint density at radius 1 is 1.56 bits per heavy atom. The van der Waals surface area contributed by atoms with Gasteiger partial charge in [-0.1, -0.05) is 12.1 Å². The lowest BCUT2D eigenvalue weighted by Crippen LogP contribution is -2.41. The fraction of sp³-hybridized carbons (Fsp3) is 0.692. The van der Waals surface area contributed by atoms with E-state index in [4.69, 9.17) is 5.21 Å². The van der Waals surface area contributed by atoms with Gasteiger partial charge in [0.25, 0.3) is 0 Å². The summed E-state index contributed by atoms with van der Waals surface area (Å²) in [6, 6.07) is 0. The van der Waals surface area contributed by atoms with Gasteiger partial charge >= 0.3 is 0 Å². The van der Waals surface area contributed by atoms with E-state index in [1.807, 2.05) is 17.9 Å². The summed E-state index contributed by atoms with van der Waals surface area (Å²) in [6.07, 6.45) is 6.98. The Balaban J connectivity index is 1.84. The smallest absolute Gasteiger partial charge is 0.0627 e. The predicted octanol–water partition coefficient (Wildman–Crippen LogP) is 1.52. The molecular formula is C13H22N4O. The van der Waals surface area contributed by atoms with Crippen molar-refractivity contribution in [1.82, 2.24) is 14.7 Å². The molecule has 1 unspecified atom stereocenters. The molecule has 1 N–H and O–H groups in total. The van der Waals surface area contributed by atoms with Crippen molar-refractivity contribution in [1.29, 1.82) is 0 Å². The van der Waals surface area contributed by atoms with Crippen molar-refractivity contribution in [3.05, 3.63) is 18.0 Å². The topological polar surface area (TPSA) is 53.7 Å². The molecule has 5 nitrogen and oxygen atoms in total. The Morgan fingerprint density at radius 3 is 3.00 bits per heavy atom. The first kappa shape index (κ1) is 13.1. The summed E-state index contributed by atoms with van der Waals surface area (Å²) in [6.45, 7) is 5.22. The molecule has 1 aromatic rings. The zero-order valence-electron chi connectivity index (χ0n) is 11.2. The average Bonchev–Trinajstić information content (AvgIpc) is 2.81. The molecule has 18 heavy (non-hydrogen) atoms. The molecule has 1 atom stereocenters. The first-order valence-electron chi connectivity index (χ1n) is 6.63. The fourth-order valence-electron chi connectivity index (χ4n) is 2.57. The summed E-state index contributed by atoms with van der Waals surface area (Å²) >= 11 is 0. The number of hydrogen-bond acceptors (Lipinski definition) is 4. The van der Waals surface area contributed by atoms with E-state index in [2.05, 4.69) is 28.3 Å². The molecule has 0 saturated carbocycles. The van der Waals surface area contributed by atoms with E-state index in [1.54, 1.807) is 0 Å². The molecule has 0 radical (unpaired) electrons. The number of aromatic nitrogens is 2. The van der Waals surface area contributed by atoms with Gasteiger partial charge in [-0.15, -0.1) is 0 Å². The van der Waals surface area contributed by atoms with Gasteiger partial charge in [-0.3, -0.25) is 4.68 Å². The van der Waals surface area contributed by atoms with Crippen LogP contribution in [0.3, 0.4) is 0 Å². The highest BCUT2D eigenvalue weighted by Crippen LogP contribution is 2.17. The number of nitrogens with zero attached hydrogens (tertiary/aromatic N) is 4. The van der Waals surface area contributed by atoms with E-state index in [0.717, 1.165) is 44.6 Å². The molecule has 1 aliphatic heterocycles. The average molecular weight is 250 g/mol. The first-order chi connectivity index (χ1) is 8.72. The molecule has 1 fully saturated rings. The van der Waals surface area contributed by atoms with Gasteiger partial charge in [0.1, 0.15) is 0 Å². The first-order valence-corrected chi connectivity index (χ1v) is 6.63. The molecule has 5 heteroatoms. The lowest BCUT2D eigenvalue weighted by Gasteiger charge is -2.32. The number of hydrogen-bond donors (Lipinski definition) is 1. The standard InChI is InChI=1S/C13H22N4O/c1-3-12-10-17(7-5-13(12)15-18)6-4-11-8-14-16(2)9-11/h8-9,12,18H,3-7,10H2,1-2H3. The van der Waals surface area contributed by atoms with E-state index >= 15 is 0 Å². The van der Waals surface area contributed by atoms with Crippen LogP contribution in [0.4, 0.5) is 0 Å². The summed E-state index contributed by atoms with van der Waals surface area (Å²) in [5, 5.41) is 16.6. The van der Waals surface area contributed by atoms with Gasteiger partial charge < -0.3 is 10.1 Å². The van der Waals surface area contributed by atoms with Gasteiger partial charge in [0.15, 0.2) is 0 Å². The van der Waals surface area contributed by atoms with Gasteiger partial charge in [0, 0.05) is 45.2 Å². The van der Waals surface area contributed by atoms with Gasteiger partial charge in [-0.25, -0.2) is 0 Å². The third-order valence-corrected chi connectivity index (χ3v) is 3.73. The van der Waals surface area contributed by atoms with Crippen LogP contribution < -0.4 is 0 Å². The van der Waals surface area contributed by atoms with Crippen LogP contribution in [0.1, 0.15) is 25.3 Å². The van der Waals surface area contributed by atoms with E-state index in [-0.39, 0.29) is 0 Å². The van der Waals surface area contributed by atoms with E-state index in [1.165, 1.54) is 5.56 Å². The van der Waals surface area contributed by atoms with Crippen LogP contribution in [0.5, 0.6) is 0 Å². The minimum Gasteiger partial charge on any atom is -0.411 e. The van der Waals surface area contributed by atoms with Gasteiger partial charge in [0.2, 0.25) is 0 Å². The molecule has 2 heterocycles. The van der Waals surface area contributed by atoms with Gasteiger partial charge in [0.05, 0.1) is 11.9 Å². The Hall–Kier alpha value is -1.36. The van der Waals surface area contributed by atoms with Crippen molar-refractivity contribution in [3.8, 4) is 0 Å². The Morgan fingerprint density at radius 2 is 2.39 bits per heavy atom. The number of piperidine rings is 1. The molecule has 100 valence electrons. The fourth-order valence-corrected chi connectivity index (χ4v) is 2.57. The monoisotopic (exact) mass is 250 g/mol. The van der Waals surface area contributed by atoms with Crippen molar-refractivity contribution in [2.75, 3.05) is 19.6 Å². The Labute approximate surface area is 108 Å². The lowest BCUT2D eigenvalue weighted by molar-refractivity contribution is 0.230. The van der Waals surface area contributed by atoms with Crippen molar-refractivity contribution in [3.63, 3.8) is 0 Å². The molecule has 0 aromatic carbocycles. The summed E-state index contributed by atoms with van der Waals surface area (Å²) in [7, 11) is 1.95. The molecule has 0 aliphatic carbocycles. The number of aryl methyl sites for hydroxylation is 1. The second-order valence-corrected chi connectivity index (χ2v) is 5.02. The SMILES string of the molecule is CCC1CN(CCc2cnn(C)c2)CCC1=NO. The Bertz CT molecular complexity index is 413. The molecular weight excluding hydrogens is 228 g/mol. The summed E-state index contributed by atoms with van der Waals surface area (Å²) < 4.78 is 1.84. The predicted molar refractivity (Wildman–Crippen MR) is 71.0 cm³/mol. The normalized spacial score (nSPS) is 23.7. The zero-order chi connectivity index (χ0) is 13.0. The quantitative estimate of drug-likeness (QED) is 0.651. The van der Waals surface area contributed by atoms with Crippen molar-refractivity contribution >= 4 is 5.71 Å². The van der Waals surface area contributed by atoms with Crippen LogP contribution in [0.2, 0.25) is 0 Å². The summed E-state index contributed by atoms with van der Waals surface area (Å²) in [5.41, 5.74) is 2.25. The third kappa shape index (κ3) is 3.10. The van der Waals surface area contributed by atoms with Crippen LogP contribution in [0.15, 0.2) is 17.5 Å². The number of likely N-dealkylation sites (tertiary alicyclic amines) is 1. The lowest BCUT2D eigenvalue weighted by atomic mass is 9.93. The highest BCUT2D eigenvalue weighted by molar-refractivity contribution is 5.87. The van der Waals surface area contributed by atoms with Crippen LogP contribution in [0, 0.1) is 5.92 Å². The molecule has 1 aliphatic rings. The Kier molecular flexibility index (Phi) is 4.36. The van der Waals surface area contributed by atoms with Crippen LogP contribution >= 0.6 is 0 Å². The van der Waals surface area contributed by atoms with Crippen molar-refractivity contribution in [2.45, 2.75) is 26.2 Å². The summed E-state index contributed by atoms with van der Waals surface area (Å²) in [4.78, 5) is 2.45. The van der Waals surface area contributed by atoms with Gasteiger partial charge in [-0.05, 0) is 18.4 Å². The van der Waals surface area contributed by atoms with Crippen LogP contribution in [-0.4, -0.2) is 45.2 Å². The maximum Gasteiger partial charge on any atom is 0.0627 e. The highest BCUT2D eigenvalue weighted by atomic mass is 16.4. The third-order valence-electron chi connectivity index (χ3n) is 3.73. The van der Waals surface area contributed by atoms with Gasteiger partial charge in [-0.2, -0.15) is 5.10 Å². The molecule has 0 amide bonds. The number of oxime groups is 1. The minimum absolute atomic E-state index is 0.414. The molecule has 1 saturated heterocycles. The maximum atomic E-state index is 8.95. The molecule has 1 aromatic heterocycles.